The van der Waals surface area contributed by atoms with Crippen LogP contribution < -0.4 is 4.90 Å². The monoisotopic (exact) mass is 557 g/mol. The van der Waals surface area contributed by atoms with Crippen molar-refractivity contribution in [3.05, 3.63) is 174 Å². The van der Waals surface area contributed by atoms with Crippen molar-refractivity contribution in [3.63, 3.8) is 0 Å². The molecule has 0 radical (unpaired) electrons. The lowest BCUT2D eigenvalue weighted by molar-refractivity contribution is 1.11. The minimum Gasteiger partial charge on any atom is -0.286 e. The van der Waals surface area contributed by atoms with E-state index in [1.807, 2.05) is 78.9 Å². The maximum absolute atomic E-state index is 5.13. The van der Waals surface area contributed by atoms with Crippen LogP contribution in [0.4, 0.5) is 17.3 Å². The molecule has 0 aliphatic rings. The highest BCUT2D eigenvalue weighted by Gasteiger charge is 2.19. The molecule has 0 N–H and O–H groups in total. The normalized spacial score (nSPS) is 11.8. The molecule has 0 amide bonds. The van der Waals surface area contributed by atoms with E-state index in [1.54, 1.807) is 14.1 Å². The summed E-state index contributed by atoms with van der Waals surface area (Å²) in [7, 11) is 3.61. The van der Waals surface area contributed by atoms with Crippen molar-refractivity contribution >= 4 is 28.7 Å². The molecule has 0 unspecified atom stereocenters. The van der Waals surface area contributed by atoms with E-state index in [-0.39, 0.29) is 0 Å². The fourth-order valence-corrected chi connectivity index (χ4v) is 5.15. The van der Waals surface area contributed by atoms with Gasteiger partial charge in [-0.3, -0.25) is 14.9 Å². The van der Waals surface area contributed by atoms with Gasteiger partial charge >= 0.3 is 0 Å². The molecule has 43 heavy (non-hydrogen) atoms. The molecule has 4 aromatic carbocycles. The molecular formula is C38H31N5. The van der Waals surface area contributed by atoms with Gasteiger partial charge in [-0.05, 0) is 47.5 Å². The van der Waals surface area contributed by atoms with E-state index in [4.69, 9.17) is 9.97 Å². The average Bonchev–Trinajstić information content (AvgIpc) is 3.08. The predicted molar refractivity (Wildman–Crippen MR) is 178 cm³/mol. The van der Waals surface area contributed by atoms with E-state index >= 15 is 0 Å². The lowest BCUT2D eigenvalue weighted by atomic mass is 10.0. The molecule has 0 aliphatic heterocycles. The van der Waals surface area contributed by atoms with Crippen LogP contribution in [0.5, 0.6) is 0 Å². The first-order valence-electron chi connectivity index (χ1n) is 14.2. The summed E-state index contributed by atoms with van der Waals surface area (Å²) in [6, 6.07) is 51.2. The number of hydrogen-bond acceptors (Lipinski definition) is 5. The molecule has 6 aromatic rings. The van der Waals surface area contributed by atoms with E-state index in [2.05, 4.69) is 87.7 Å². The maximum atomic E-state index is 5.13. The number of pyridine rings is 2. The average molecular weight is 558 g/mol. The molecular weight excluding hydrogens is 526 g/mol. The fraction of sp³-hybridized carbons (Fsp3) is 0.0526. The van der Waals surface area contributed by atoms with Gasteiger partial charge in [0.1, 0.15) is 11.6 Å². The zero-order chi connectivity index (χ0) is 29.4. The second kappa shape index (κ2) is 12.9. The number of aromatic nitrogens is 2. The molecule has 0 saturated heterocycles. The highest BCUT2D eigenvalue weighted by atomic mass is 15.2. The summed E-state index contributed by atoms with van der Waals surface area (Å²) in [4.78, 5) is 21.6. The highest BCUT2D eigenvalue weighted by molar-refractivity contribution is 6.12. The Morgan fingerprint density at radius 3 is 1.30 bits per heavy atom. The van der Waals surface area contributed by atoms with E-state index < -0.39 is 0 Å². The van der Waals surface area contributed by atoms with Crippen molar-refractivity contribution in [1.82, 2.24) is 9.97 Å². The van der Waals surface area contributed by atoms with Gasteiger partial charge in [0.2, 0.25) is 0 Å². The highest BCUT2D eigenvalue weighted by Crippen LogP contribution is 2.34. The first kappa shape index (κ1) is 27.5. The van der Waals surface area contributed by atoms with Gasteiger partial charge in [-0.1, -0.05) is 115 Å². The van der Waals surface area contributed by atoms with Gasteiger partial charge in [0, 0.05) is 30.9 Å². The smallest absolute Gasteiger partial charge is 0.139 e. The number of aliphatic imine (C=N–C) groups is 2. The SMILES string of the molecule is CN=C(c1ccccc1)c1cccc(N(c2ccc(-c3ccccc3)cc2)c2cccc(C(=NC)c3ccccc3)n2)n1. The minimum atomic E-state index is 0.737. The second-order valence-electron chi connectivity index (χ2n) is 9.89. The lowest BCUT2D eigenvalue weighted by Gasteiger charge is -2.24. The second-order valence-corrected chi connectivity index (χ2v) is 9.89. The van der Waals surface area contributed by atoms with E-state index in [0.717, 1.165) is 56.8 Å². The number of rotatable bonds is 8. The van der Waals surface area contributed by atoms with E-state index in [1.165, 1.54) is 5.56 Å². The molecule has 0 fully saturated rings. The van der Waals surface area contributed by atoms with Crippen LogP contribution in [-0.2, 0) is 0 Å². The zero-order valence-electron chi connectivity index (χ0n) is 24.2. The van der Waals surface area contributed by atoms with E-state index in [0.29, 0.717) is 0 Å². The summed E-state index contributed by atoms with van der Waals surface area (Å²) in [5.41, 5.74) is 8.50. The van der Waals surface area contributed by atoms with Crippen LogP contribution in [0.1, 0.15) is 22.5 Å². The van der Waals surface area contributed by atoms with Gasteiger partial charge in [-0.15, -0.1) is 0 Å². The maximum Gasteiger partial charge on any atom is 0.139 e. The zero-order valence-corrected chi connectivity index (χ0v) is 24.2. The Balaban J connectivity index is 1.47. The van der Waals surface area contributed by atoms with Crippen LogP contribution in [0.3, 0.4) is 0 Å². The largest absolute Gasteiger partial charge is 0.286 e. The molecule has 0 aliphatic carbocycles. The first-order valence-corrected chi connectivity index (χ1v) is 14.2. The van der Waals surface area contributed by atoms with Gasteiger partial charge in [-0.2, -0.15) is 0 Å². The Hall–Kier alpha value is -5.68. The molecule has 0 spiro atoms. The predicted octanol–water partition coefficient (Wildman–Crippen LogP) is 8.55. The third-order valence-corrected chi connectivity index (χ3v) is 7.19. The Labute approximate surface area is 252 Å². The van der Waals surface area contributed by atoms with Crippen molar-refractivity contribution < 1.29 is 0 Å². The van der Waals surface area contributed by atoms with Crippen LogP contribution in [-0.4, -0.2) is 35.5 Å². The first-order chi connectivity index (χ1) is 21.2. The number of benzene rings is 4. The Morgan fingerprint density at radius 1 is 0.442 bits per heavy atom. The molecule has 0 bridgehead atoms. The summed E-state index contributed by atoms with van der Waals surface area (Å²) in [6.07, 6.45) is 0. The molecule has 208 valence electrons. The van der Waals surface area contributed by atoms with Gasteiger partial charge in [0.15, 0.2) is 0 Å². The summed E-state index contributed by atoms with van der Waals surface area (Å²) in [6.45, 7) is 0. The Morgan fingerprint density at radius 2 is 0.860 bits per heavy atom. The van der Waals surface area contributed by atoms with Crippen LogP contribution in [0, 0.1) is 0 Å². The summed E-state index contributed by atoms with van der Waals surface area (Å²) in [5.74, 6) is 1.47. The molecule has 2 aromatic heterocycles. The van der Waals surface area contributed by atoms with Gasteiger partial charge in [0.25, 0.3) is 0 Å². The van der Waals surface area contributed by atoms with Crippen LogP contribution in [0.2, 0.25) is 0 Å². The molecule has 2 heterocycles. The van der Waals surface area contributed by atoms with Crippen molar-refractivity contribution in [1.29, 1.82) is 0 Å². The number of nitrogens with zero attached hydrogens (tertiary/aromatic N) is 5. The van der Waals surface area contributed by atoms with Gasteiger partial charge < -0.3 is 0 Å². The Bertz CT molecular complexity index is 1760. The Kier molecular flexibility index (Phi) is 8.23. The standard InChI is InChI=1S/C38H31N5/c1-39-37(30-16-8-4-9-17-30)33-20-12-22-35(41-33)43(32-26-24-29(25-27-32)28-14-6-3-7-15-28)36-23-13-21-34(42-36)38(40-2)31-18-10-5-11-19-31/h3-27H,1-2H3. The third kappa shape index (κ3) is 6.02. The molecule has 5 heteroatoms. The lowest BCUT2D eigenvalue weighted by Crippen LogP contribution is -2.17. The number of anilines is 3. The minimum absolute atomic E-state index is 0.737. The van der Waals surface area contributed by atoms with E-state index in [9.17, 15) is 0 Å². The van der Waals surface area contributed by atoms with Gasteiger partial charge in [0.05, 0.1) is 22.8 Å². The van der Waals surface area contributed by atoms with Crippen molar-refractivity contribution in [3.8, 4) is 11.1 Å². The van der Waals surface area contributed by atoms with Crippen LogP contribution in [0.15, 0.2) is 162 Å². The van der Waals surface area contributed by atoms with Crippen molar-refractivity contribution in [2.24, 2.45) is 9.98 Å². The number of hydrogen-bond donors (Lipinski definition) is 0. The fourth-order valence-electron chi connectivity index (χ4n) is 5.15. The summed E-state index contributed by atoms with van der Waals surface area (Å²) < 4.78 is 0. The van der Waals surface area contributed by atoms with Crippen LogP contribution >= 0.6 is 0 Å². The topological polar surface area (TPSA) is 53.7 Å². The molecule has 0 saturated carbocycles. The van der Waals surface area contributed by atoms with Crippen LogP contribution in [0.25, 0.3) is 11.1 Å². The van der Waals surface area contributed by atoms with Gasteiger partial charge in [-0.25, -0.2) is 9.97 Å². The summed E-state index contributed by atoms with van der Waals surface area (Å²) >= 11 is 0. The van der Waals surface area contributed by atoms with Crippen molar-refractivity contribution in [2.75, 3.05) is 19.0 Å². The van der Waals surface area contributed by atoms with Crippen molar-refractivity contribution in [2.45, 2.75) is 0 Å². The molecule has 0 atom stereocenters. The summed E-state index contributed by atoms with van der Waals surface area (Å²) in [5, 5.41) is 0. The third-order valence-electron chi connectivity index (χ3n) is 7.19. The molecule has 6 rings (SSSR count). The quantitative estimate of drug-likeness (QED) is 0.176. The molecule has 5 nitrogen and oxygen atoms in total.